The van der Waals surface area contributed by atoms with Gasteiger partial charge in [-0.05, 0) is 36.8 Å². The van der Waals surface area contributed by atoms with E-state index in [1.165, 1.54) is 17.8 Å². The number of nitrogens with zero attached hydrogens (tertiary/aromatic N) is 3. The first-order chi connectivity index (χ1) is 15.9. The lowest BCUT2D eigenvalue weighted by Gasteiger charge is -2.25. The Balaban J connectivity index is 0.000000758. The van der Waals surface area contributed by atoms with Gasteiger partial charge in [0.2, 0.25) is 0 Å². The third-order valence-corrected chi connectivity index (χ3v) is 6.37. The highest BCUT2D eigenvalue weighted by Crippen LogP contribution is 2.35. The van der Waals surface area contributed by atoms with Crippen LogP contribution in [0.4, 0.5) is 5.69 Å². The third-order valence-electron chi connectivity index (χ3n) is 5.43. The van der Waals surface area contributed by atoms with Crippen molar-refractivity contribution in [2.45, 2.75) is 13.5 Å². The smallest absolute Gasteiger partial charge is 0.149 e. The van der Waals surface area contributed by atoms with E-state index < -0.39 is 11.1 Å². The van der Waals surface area contributed by atoms with Gasteiger partial charge in [-0.15, -0.1) is 0 Å². The second-order valence-electron chi connectivity index (χ2n) is 7.61. The fraction of sp³-hybridized carbons (Fsp3) is 0.375. The van der Waals surface area contributed by atoms with Gasteiger partial charge in [-0.1, -0.05) is 12.1 Å². The summed E-state index contributed by atoms with van der Waals surface area (Å²) in [5.41, 5.74) is 10.2. The first-order valence-electron chi connectivity index (χ1n) is 10.8. The van der Waals surface area contributed by atoms with Crippen LogP contribution in [0.1, 0.15) is 13.9 Å². The maximum absolute atomic E-state index is 9.87. The Labute approximate surface area is 203 Å². The second kappa shape index (κ2) is 12.1. The topological polar surface area (TPSA) is 105 Å². The summed E-state index contributed by atoms with van der Waals surface area (Å²) >= 11 is 0.409. The van der Waals surface area contributed by atoms with Crippen molar-refractivity contribution >= 4 is 39.4 Å². The van der Waals surface area contributed by atoms with Crippen LogP contribution < -0.4 is 10.5 Å². The second-order valence-corrected chi connectivity index (χ2v) is 9.68. The van der Waals surface area contributed by atoms with E-state index in [0.29, 0.717) is 12.2 Å². The van der Waals surface area contributed by atoms with Crippen LogP contribution in [-0.2, 0) is 17.6 Å². The first-order valence-corrected chi connectivity index (χ1v) is 13.5. The van der Waals surface area contributed by atoms with Gasteiger partial charge in [-0.3, -0.25) is 4.90 Å². The van der Waals surface area contributed by atoms with E-state index in [2.05, 4.69) is 28.5 Å². The number of benzene rings is 2. The van der Waals surface area contributed by atoms with Crippen LogP contribution in [0.5, 0.6) is 5.75 Å². The van der Waals surface area contributed by atoms with E-state index >= 15 is 0 Å². The van der Waals surface area contributed by atoms with Crippen molar-refractivity contribution in [1.82, 2.24) is 9.47 Å². The third kappa shape index (κ3) is 6.51. The van der Waals surface area contributed by atoms with Gasteiger partial charge in [-0.2, -0.15) is 17.0 Å². The molecule has 4 rings (SSSR count). The highest BCUT2D eigenvalue weighted by Gasteiger charge is 2.18. The van der Waals surface area contributed by atoms with Crippen molar-refractivity contribution in [3.63, 3.8) is 0 Å². The minimum atomic E-state index is -1.61. The van der Waals surface area contributed by atoms with Gasteiger partial charge in [0.05, 0.1) is 16.8 Å². The Morgan fingerprint density at radius 2 is 1.91 bits per heavy atom. The van der Waals surface area contributed by atoms with Gasteiger partial charge in [0.15, 0.2) is 0 Å². The standard InChI is InChI=1S/C23H26N4OS.CH4O2S.H2/c1-2-27-22-15-19(28-12-9-26-10-13-29-14-11-26)7-8-20(22)21(16-24)23(27)17-3-5-18(25)6-4-17;1-4(2)3;/h3-8,15H,2,9-14,25H2,1H3;1H3,(H,2,3);1H. The molecule has 3 N–H and O–H groups in total. The molecule has 1 aliphatic heterocycles. The summed E-state index contributed by atoms with van der Waals surface area (Å²) in [4.78, 5) is 2.46. The number of ether oxygens (including phenoxy) is 1. The predicted molar refractivity (Wildman–Crippen MR) is 140 cm³/mol. The molecule has 2 heterocycles. The number of rotatable bonds is 6. The van der Waals surface area contributed by atoms with E-state index in [1.54, 1.807) is 0 Å². The van der Waals surface area contributed by atoms with E-state index in [1.807, 2.05) is 48.2 Å². The van der Waals surface area contributed by atoms with Crippen molar-refractivity contribution in [2.75, 3.05) is 49.7 Å². The number of fused-ring (bicyclic) bond motifs is 1. The predicted octanol–water partition coefficient (Wildman–Crippen LogP) is 4.29. The maximum atomic E-state index is 9.87. The van der Waals surface area contributed by atoms with Gasteiger partial charge in [0, 0.05) is 62.5 Å². The van der Waals surface area contributed by atoms with Gasteiger partial charge < -0.3 is 19.6 Å². The minimum absolute atomic E-state index is 0. The summed E-state index contributed by atoms with van der Waals surface area (Å²) in [6.07, 6.45) is 1.19. The Bertz CT molecular complexity index is 1140. The van der Waals surface area contributed by atoms with Crippen LogP contribution in [0.25, 0.3) is 22.2 Å². The molecule has 1 saturated heterocycles. The fourth-order valence-corrected chi connectivity index (χ4v) is 4.90. The zero-order valence-corrected chi connectivity index (χ0v) is 20.6. The van der Waals surface area contributed by atoms with Gasteiger partial charge in [0.1, 0.15) is 29.5 Å². The molecule has 0 bridgehead atoms. The van der Waals surface area contributed by atoms with Crippen molar-refractivity contribution < 1.29 is 14.9 Å². The number of aryl methyl sites for hydroxylation is 1. The molecule has 0 amide bonds. The number of nitrogens with two attached hydrogens (primary N) is 1. The van der Waals surface area contributed by atoms with Crippen LogP contribution >= 0.6 is 11.8 Å². The van der Waals surface area contributed by atoms with Crippen molar-refractivity contribution in [1.29, 1.82) is 5.26 Å². The quantitative estimate of drug-likeness (QED) is 0.394. The normalized spacial score (nSPS) is 14.8. The highest BCUT2D eigenvalue weighted by atomic mass is 32.2. The summed E-state index contributed by atoms with van der Waals surface area (Å²) in [7, 11) is 0. The highest BCUT2D eigenvalue weighted by molar-refractivity contribution is 7.99. The molecule has 1 aromatic heterocycles. The summed E-state index contributed by atoms with van der Waals surface area (Å²) in [6.45, 7) is 6.78. The minimum Gasteiger partial charge on any atom is -0.492 e. The van der Waals surface area contributed by atoms with E-state index in [-0.39, 0.29) is 1.43 Å². The van der Waals surface area contributed by atoms with Crippen LogP contribution in [0.2, 0.25) is 0 Å². The number of thioether (sulfide) groups is 1. The molecule has 1 unspecified atom stereocenters. The molecule has 3 aromatic rings. The molecule has 2 aromatic carbocycles. The van der Waals surface area contributed by atoms with Gasteiger partial charge in [0.25, 0.3) is 0 Å². The molecule has 9 heteroatoms. The average molecular weight is 489 g/mol. The molecule has 0 aliphatic carbocycles. The number of aromatic nitrogens is 1. The molecule has 1 aliphatic rings. The summed E-state index contributed by atoms with van der Waals surface area (Å²) < 4.78 is 24.9. The molecular weight excluding hydrogens is 456 g/mol. The molecule has 7 nitrogen and oxygen atoms in total. The molecule has 1 fully saturated rings. The zero-order valence-electron chi connectivity index (χ0n) is 19.0. The number of nitrogen functional groups attached to an aromatic ring is 1. The zero-order chi connectivity index (χ0) is 23.8. The molecule has 0 radical (unpaired) electrons. The monoisotopic (exact) mass is 488 g/mol. The van der Waals surface area contributed by atoms with E-state index in [4.69, 9.17) is 19.2 Å². The van der Waals surface area contributed by atoms with Gasteiger partial charge >= 0.3 is 0 Å². The number of nitriles is 1. The Kier molecular flexibility index (Phi) is 9.21. The molecule has 0 spiro atoms. The summed E-state index contributed by atoms with van der Waals surface area (Å²) in [5, 5.41) is 10.8. The van der Waals surface area contributed by atoms with Crippen LogP contribution in [0.3, 0.4) is 0 Å². The summed E-state index contributed by atoms with van der Waals surface area (Å²) in [5.74, 6) is 3.27. The molecule has 0 saturated carbocycles. The average Bonchev–Trinajstić information content (AvgIpc) is 3.12. The largest absolute Gasteiger partial charge is 0.492 e. The molecule has 178 valence electrons. The lowest BCUT2D eigenvalue weighted by Crippen LogP contribution is -2.35. The van der Waals surface area contributed by atoms with Crippen molar-refractivity contribution in [3.05, 3.63) is 48.0 Å². The fourth-order valence-electron chi connectivity index (χ4n) is 3.92. The van der Waals surface area contributed by atoms with Crippen LogP contribution in [0, 0.1) is 11.3 Å². The lowest BCUT2D eigenvalue weighted by molar-refractivity contribution is 0.222. The van der Waals surface area contributed by atoms with Crippen molar-refractivity contribution in [2.24, 2.45) is 0 Å². The Hall–Kier alpha value is -2.51. The Morgan fingerprint density at radius 3 is 2.52 bits per heavy atom. The van der Waals surface area contributed by atoms with Crippen LogP contribution in [-0.4, -0.2) is 62.2 Å². The van der Waals surface area contributed by atoms with Crippen molar-refractivity contribution in [3.8, 4) is 23.1 Å². The summed E-state index contributed by atoms with van der Waals surface area (Å²) in [6, 6.07) is 16.2. The number of hydrogen-bond donors (Lipinski definition) is 2. The van der Waals surface area contributed by atoms with E-state index in [0.717, 1.165) is 59.8 Å². The number of hydrogen-bond acceptors (Lipinski definition) is 6. The lowest BCUT2D eigenvalue weighted by atomic mass is 10.1. The molecular formula is C24H32N4O3S2. The Morgan fingerprint density at radius 1 is 1.24 bits per heavy atom. The van der Waals surface area contributed by atoms with Crippen LogP contribution in [0.15, 0.2) is 42.5 Å². The van der Waals surface area contributed by atoms with E-state index in [9.17, 15) is 5.26 Å². The number of anilines is 1. The van der Waals surface area contributed by atoms with Gasteiger partial charge in [-0.25, -0.2) is 4.21 Å². The molecule has 33 heavy (non-hydrogen) atoms. The maximum Gasteiger partial charge on any atom is 0.149 e. The molecule has 1 atom stereocenters. The SMILES string of the molecule is CCn1c(-c2ccc(N)cc2)c(C#N)c2ccc(OCCN3CCSCC3)cc21.CS(=O)O.[HH]. The first kappa shape index (κ1) is 25.1.